The average molecular weight is 358 g/mol. The van der Waals surface area contributed by atoms with Crippen molar-refractivity contribution in [3.05, 3.63) is 29.8 Å². The van der Waals surface area contributed by atoms with Crippen LogP contribution in [-0.2, 0) is 4.79 Å². The molecule has 2 saturated heterocycles. The molecule has 1 amide bonds. The molecule has 0 radical (unpaired) electrons. The number of carbonyl (C=O) groups excluding carboxylic acids is 1. The maximum absolute atomic E-state index is 12.4. The Morgan fingerprint density at radius 1 is 1.08 bits per heavy atom. The van der Waals surface area contributed by atoms with Crippen molar-refractivity contribution >= 4 is 11.6 Å². The third kappa shape index (κ3) is 5.31. The second-order valence-corrected chi connectivity index (χ2v) is 8.08. The van der Waals surface area contributed by atoms with Crippen LogP contribution in [0.2, 0.25) is 0 Å². The summed E-state index contributed by atoms with van der Waals surface area (Å²) in [6, 6.07) is 9.06. The zero-order valence-electron chi connectivity index (χ0n) is 16.5. The molecule has 0 aromatic heterocycles. The van der Waals surface area contributed by atoms with E-state index in [4.69, 9.17) is 0 Å². The lowest BCUT2D eigenvalue weighted by Gasteiger charge is -2.40. The second kappa shape index (κ2) is 9.52. The van der Waals surface area contributed by atoms with Gasteiger partial charge in [-0.25, -0.2) is 0 Å². The van der Waals surface area contributed by atoms with Gasteiger partial charge in [-0.3, -0.25) is 9.69 Å². The number of anilines is 1. The Labute approximate surface area is 158 Å². The van der Waals surface area contributed by atoms with E-state index in [1.807, 2.05) is 12.1 Å². The van der Waals surface area contributed by atoms with Crippen LogP contribution in [0.4, 0.5) is 5.69 Å². The standard InChI is InChI=1S/C22H35N3O/c1-3-18(2)19-7-9-20(10-8-19)23-22(26)17-24-15-11-21(12-16-24)25-13-5-4-6-14-25/h7-10,18,21H,3-6,11-17H2,1-2H3,(H,23,26). The van der Waals surface area contributed by atoms with E-state index in [-0.39, 0.29) is 5.91 Å². The zero-order chi connectivity index (χ0) is 18.4. The van der Waals surface area contributed by atoms with Crippen LogP contribution in [0.3, 0.4) is 0 Å². The molecule has 1 N–H and O–H groups in total. The average Bonchev–Trinajstić information content (AvgIpc) is 2.69. The molecular weight excluding hydrogens is 322 g/mol. The van der Waals surface area contributed by atoms with Crippen LogP contribution in [0, 0.1) is 0 Å². The number of hydrogen-bond acceptors (Lipinski definition) is 3. The van der Waals surface area contributed by atoms with E-state index in [0.29, 0.717) is 12.5 Å². The third-order valence-corrected chi connectivity index (χ3v) is 6.21. The van der Waals surface area contributed by atoms with Crippen molar-refractivity contribution in [3.63, 3.8) is 0 Å². The molecule has 1 aromatic carbocycles. The van der Waals surface area contributed by atoms with Gasteiger partial charge in [-0.15, -0.1) is 0 Å². The lowest BCUT2D eigenvalue weighted by Crippen LogP contribution is -2.48. The van der Waals surface area contributed by atoms with Gasteiger partial charge in [-0.05, 0) is 68.8 Å². The molecule has 2 fully saturated rings. The van der Waals surface area contributed by atoms with E-state index in [0.717, 1.165) is 31.2 Å². The van der Waals surface area contributed by atoms with Gasteiger partial charge in [0.05, 0.1) is 6.54 Å². The number of nitrogens with zero attached hydrogens (tertiary/aromatic N) is 2. The summed E-state index contributed by atoms with van der Waals surface area (Å²) in [5.74, 6) is 0.679. The summed E-state index contributed by atoms with van der Waals surface area (Å²) in [4.78, 5) is 17.4. The minimum atomic E-state index is 0.109. The van der Waals surface area contributed by atoms with Crippen molar-refractivity contribution in [2.24, 2.45) is 0 Å². The summed E-state index contributed by atoms with van der Waals surface area (Å²) in [5.41, 5.74) is 2.25. The summed E-state index contributed by atoms with van der Waals surface area (Å²) in [5, 5.41) is 3.06. The number of hydrogen-bond donors (Lipinski definition) is 1. The monoisotopic (exact) mass is 357 g/mol. The number of nitrogens with one attached hydrogen (secondary N) is 1. The minimum Gasteiger partial charge on any atom is -0.325 e. The highest BCUT2D eigenvalue weighted by Gasteiger charge is 2.26. The molecule has 1 unspecified atom stereocenters. The second-order valence-electron chi connectivity index (χ2n) is 8.08. The molecule has 26 heavy (non-hydrogen) atoms. The number of piperidine rings is 2. The van der Waals surface area contributed by atoms with E-state index in [1.54, 1.807) is 0 Å². The molecule has 2 aliphatic rings. The van der Waals surface area contributed by atoms with E-state index in [2.05, 4.69) is 41.1 Å². The lowest BCUT2D eigenvalue weighted by molar-refractivity contribution is -0.117. The van der Waals surface area contributed by atoms with Crippen LogP contribution in [0.5, 0.6) is 0 Å². The van der Waals surface area contributed by atoms with Crippen LogP contribution in [0.15, 0.2) is 24.3 Å². The first-order valence-corrected chi connectivity index (χ1v) is 10.5. The quantitative estimate of drug-likeness (QED) is 0.833. The fourth-order valence-corrected chi connectivity index (χ4v) is 4.26. The third-order valence-electron chi connectivity index (χ3n) is 6.21. The van der Waals surface area contributed by atoms with Crippen molar-refractivity contribution < 1.29 is 4.79 Å². The van der Waals surface area contributed by atoms with Crippen molar-refractivity contribution in [2.75, 3.05) is 38.0 Å². The fraction of sp³-hybridized carbons (Fsp3) is 0.682. The predicted molar refractivity (Wildman–Crippen MR) is 109 cm³/mol. The van der Waals surface area contributed by atoms with Gasteiger partial charge in [0.25, 0.3) is 0 Å². The maximum atomic E-state index is 12.4. The van der Waals surface area contributed by atoms with E-state index in [1.165, 1.54) is 50.8 Å². The molecule has 3 rings (SSSR count). The van der Waals surface area contributed by atoms with Gasteiger partial charge >= 0.3 is 0 Å². The van der Waals surface area contributed by atoms with Crippen LogP contribution in [-0.4, -0.2) is 54.5 Å². The first-order chi connectivity index (χ1) is 12.7. The van der Waals surface area contributed by atoms with Crippen molar-refractivity contribution in [2.45, 2.75) is 64.3 Å². The Morgan fingerprint density at radius 2 is 1.73 bits per heavy atom. The zero-order valence-corrected chi connectivity index (χ0v) is 16.5. The van der Waals surface area contributed by atoms with E-state index < -0.39 is 0 Å². The van der Waals surface area contributed by atoms with Crippen LogP contribution in [0.1, 0.15) is 63.9 Å². The van der Waals surface area contributed by atoms with Gasteiger partial charge in [0.1, 0.15) is 0 Å². The first-order valence-electron chi connectivity index (χ1n) is 10.5. The Kier molecular flexibility index (Phi) is 7.09. The van der Waals surface area contributed by atoms with Gasteiger partial charge in [0.2, 0.25) is 5.91 Å². The molecule has 1 atom stereocenters. The molecule has 2 heterocycles. The van der Waals surface area contributed by atoms with Crippen molar-refractivity contribution in [3.8, 4) is 0 Å². The summed E-state index contributed by atoms with van der Waals surface area (Å²) < 4.78 is 0. The number of benzene rings is 1. The Morgan fingerprint density at radius 3 is 2.35 bits per heavy atom. The number of amides is 1. The van der Waals surface area contributed by atoms with Crippen LogP contribution < -0.4 is 5.32 Å². The molecule has 144 valence electrons. The first kappa shape index (κ1) is 19.4. The van der Waals surface area contributed by atoms with Gasteiger partial charge in [0.15, 0.2) is 0 Å². The molecule has 4 heteroatoms. The molecule has 2 aliphatic heterocycles. The number of rotatable bonds is 6. The molecule has 1 aromatic rings. The molecular formula is C22H35N3O. The minimum absolute atomic E-state index is 0.109. The Bertz CT molecular complexity index is 557. The summed E-state index contributed by atoms with van der Waals surface area (Å²) in [6.07, 6.45) is 7.66. The SMILES string of the molecule is CCC(C)c1ccc(NC(=O)CN2CCC(N3CCCCC3)CC2)cc1. The highest BCUT2D eigenvalue weighted by atomic mass is 16.2. The van der Waals surface area contributed by atoms with E-state index in [9.17, 15) is 4.79 Å². The topological polar surface area (TPSA) is 35.6 Å². The van der Waals surface area contributed by atoms with Crippen LogP contribution in [0.25, 0.3) is 0 Å². The van der Waals surface area contributed by atoms with Gasteiger partial charge < -0.3 is 10.2 Å². The fourth-order valence-electron chi connectivity index (χ4n) is 4.26. The highest BCUT2D eigenvalue weighted by molar-refractivity contribution is 5.92. The summed E-state index contributed by atoms with van der Waals surface area (Å²) >= 11 is 0. The number of carbonyl (C=O) groups is 1. The van der Waals surface area contributed by atoms with Crippen LogP contribution >= 0.6 is 0 Å². The number of likely N-dealkylation sites (tertiary alicyclic amines) is 2. The van der Waals surface area contributed by atoms with Gasteiger partial charge in [-0.1, -0.05) is 32.4 Å². The Balaban J connectivity index is 1.41. The molecule has 4 nitrogen and oxygen atoms in total. The maximum Gasteiger partial charge on any atom is 0.238 e. The molecule has 0 aliphatic carbocycles. The van der Waals surface area contributed by atoms with Crippen molar-refractivity contribution in [1.29, 1.82) is 0 Å². The summed E-state index contributed by atoms with van der Waals surface area (Å²) in [7, 11) is 0. The van der Waals surface area contributed by atoms with Gasteiger partial charge in [-0.2, -0.15) is 0 Å². The Hall–Kier alpha value is -1.39. The largest absolute Gasteiger partial charge is 0.325 e. The van der Waals surface area contributed by atoms with Crippen molar-refractivity contribution in [1.82, 2.24) is 9.80 Å². The summed E-state index contributed by atoms with van der Waals surface area (Å²) in [6.45, 7) is 9.59. The van der Waals surface area contributed by atoms with Gasteiger partial charge in [0, 0.05) is 24.8 Å². The smallest absolute Gasteiger partial charge is 0.238 e. The van der Waals surface area contributed by atoms with E-state index >= 15 is 0 Å². The lowest BCUT2D eigenvalue weighted by atomic mass is 9.98. The molecule has 0 saturated carbocycles. The molecule has 0 spiro atoms. The highest BCUT2D eigenvalue weighted by Crippen LogP contribution is 2.22. The normalized spacial score (nSPS) is 21.5. The predicted octanol–water partition coefficient (Wildman–Crippen LogP) is 4.09. The molecule has 0 bridgehead atoms.